The van der Waals surface area contributed by atoms with Gasteiger partial charge >= 0.3 is 12.0 Å². The van der Waals surface area contributed by atoms with E-state index in [0.29, 0.717) is 11.3 Å². The summed E-state index contributed by atoms with van der Waals surface area (Å²) < 4.78 is 22.1. The van der Waals surface area contributed by atoms with Crippen molar-refractivity contribution < 1.29 is 23.1 Å². The summed E-state index contributed by atoms with van der Waals surface area (Å²) in [7, 11) is -1.62. The van der Waals surface area contributed by atoms with Crippen molar-refractivity contribution >= 4 is 27.5 Å². The van der Waals surface area contributed by atoms with E-state index in [9.17, 15) is 18.0 Å². The van der Waals surface area contributed by atoms with E-state index in [1.807, 2.05) is 0 Å². The third-order valence-electron chi connectivity index (χ3n) is 2.70. The molecule has 0 aliphatic heterocycles. The molecular formula is C13H18N2O5S. The number of nitrogens with one attached hydrogen (secondary N) is 1. The van der Waals surface area contributed by atoms with Gasteiger partial charge in [0.15, 0.2) is 0 Å². The fourth-order valence-corrected chi connectivity index (χ4v) is 2.11. The number of carbonyl (C=O) groups is 2. The first kappa shape index (κ1) is 17.0. The molecule has 0 bridgehead atoms. The van der Waals surface area contributed by atoms with Gasteiger partial charge in [0, 0.05) is 25.5 Å². The quantitative estimate of drug-likeness (QED) is 0.809. The van der Waals surface area contributed by atoms with Gasteiger partial charge in [0.25, 0.3) is 0 Å². The minimum Gasteiger partial charge on any atom is -0.481 e. The van der Waals surface area contributed by atoms with Crippen LogP contribution >= 0.6 is 0 Å². The van der Waals surface area contributed by atoms with Crippen molar-refractivity contribution in [3.05, 3.63) is 29.8 Å². The number of anilines is 1. The topological polar surface area (TPSA) is 104 Å². The summed E-state index contributed by atoms with van der Waals surface area (Å²) in [6.45, 7) is 0.0990. The van der Waals surface area contributed by atoms with Crippen molar-refractivity contribution in [3.63, 3.8) is 0 Å². The molecule has 8 heteroatoms. The number of urea groups is 1. The maximum atomic E-state index is 11.8. The number of aliphatic carboxylic acids is 1. The van der Waals surface area contributed by atoms with Crippen molar-refractivity contribution in [2.24, 2.45) is 0 Å². The molecular weight excluding hydrogens is 296 g/mol. The van der Waals surface area contributed by atoms with Crippen LogP contribution < -0.4 is 5.32 Å². The number of amides is 2. The smallest absolute Gasteiger partial charge is 0.321 e. The third-order valence-corrected chi connectivity index (χ3v) is 3.63. The van der Waals surface area contributed by atoms with Crippen LogP contribution in [0.25, 0.3) is 0 Å². The molecule has 0 fully saturated rings. The molecule has 0 atom stereocenters. The summed E-state index contributed by atoms with van der Waals surface area (Å²) in [6.07, 6.45) is 1.03. The molecule has 1 aromatic rings. The Kier molecular flexibility index (Phi) is 5.71. The number of rotatable bonds is 6. The average molecular weight is 314 g/mol. The maximum Gasteiger partial charge on any atom is 0.321 e. The lowest BCUT2D eigenvalue weighted by Gasteiger charge is -2.17. The van der Waals surface area contributed by atoms with Gasteiger partial charge in [-0.15, -0.1) is 0 Å². The third kappa shape index (κ3) is 6.75. The number of sulfone groups is 1. The number of carboxylic acid groups (broad SMARTS) is 1. The van der Waals surface area contributed by atoms with Gasteiger partial charge in [-0.25, -0.2) is 13.2 Å². The molecule has 2 N–H and O–H groups in total. The molecule has 0 aliphatic carbocycles. The predicted octanol–water partition coefficient (Wildman–Crippen LogP) is 0.822. The van der Waals surface area contributed by atoms with E-state index in [1.165, 1.54) is 11.9 Å². The van der Waals surface area contributed by atoms with Crippen LogP contribution in [0.1, 0.15) is 5.56 Å². The first-order valence-corrected chi connectivity index (χ1v) is 8.24. The molecule has 0 unspecified atom stereocenters. The molecule has 1 rings (SSSR count). The van der Waals surface area contributed by atoms with E-state index in [4.69, 9.17) is 5.11 Å². The van der Waals surface area contributed by atoms with Crippen LogP contribution in [0.5, 0.6) is 0 Å². The fraction of sp³-hybridized carbons (Fsp3) is 0.385. The van der Waals surface area contributed by atoms with E-state index in [0.717, 1.165) is 6.26 Å². The molecule has 0 saturated carbocycles. The van der Waals surface area contributed by atoms with Gasteiger partial charge in [-0.3, -0.25) is 4.79 Å². The summed E-state index contributed by atoms with van der Waals surface area (Å²) in [6, 6.07) is 5.99. The van der Waals surface area contributed by atoms with Gasteiger partial charge in [0.2, 0.25) is 0 Å². The molecule has 0 radical (unpaired) electrons. The Labute approximate surface area is 123 Å². The van der Waals surface area contributed by atoms with Crippen LogP contribution in [0, 0.1) is 0 Å². The average Bonchev–Trinajstić information content (AvgIpc) is 2.36. The zero-order valence-corrected chi connectivity index (χ0v) is 12.7. The molecule has 7 nitrogen and oxygen atoms in total. The molecule has 0 aliphatic rings. The van der Waals surface area contributed by atoms with Gasteiger partial charge in [-0.2, -0.15) is 0 Å². The van der Waals surface area contributed by atoms with E-state index < -0.39 is 21.8 Å². The Hall–Kier alpha value is -2.09. The van der Waals surface area contributed by atoms with E-state index in [2.05, 4.69) is 5.32 Å². The molecule has 0 aromatic heterocycles. The second-order valence-electron chi connectivity index (χ2n) is 4.75. The lowest BCUT2D eigenvalue weighted by Crippen LogP contribution is -2.34. The summed E-state index contributed by atoms with van der Waals surface area (Å²) in [5, 5.41) is 11.3. The van der Waals surface area contributed by atoms with Crippen LogP contribution in [0.2, 0.25) is 0 Å². The largest absolute Gasteiger partial charge is 0.481 e. The highest BCUT2D eigenvalue weighted by atomic mass is 32.2. The Morgan fingerprint density at radius 1 is 1.24 bits per heavy atom. The monoisotopic (exact) mass is 314 g/mol. The molecule has 0 heterocycles. The number of carbonyl (C=O) groups excluding carboxylic acids is 1. The molecule has 21 heavy (non-hydrogen) atoms. The summed E-state index contributed by atoms with van der Waals surface area (Å²) in [5.74, 6) is -1.03. The second kappa shape index (κ2) is 7.07. The Morgan fingerprint density at radius 3 is 2.29 bits per heavy atom. The van der Waals surface area contributed by atoms with Gasteiger partial charge in [0.05, 0.1) is 12.2 Å². The van der Waals surface area contributed by atoms with Crippen LogP contribution in [0.4, 0.5) is 10.5 Å². The van der Waals surface area contributed by atoms with Gasteiger partial charge in [0.1, 0.15) is 9.84 Å². The highest BCUT2D eigenvalue weighted by molar-refractivity contribution is 7.90. The van der Waals surface area contributed by atoms with Gasteiger partial charge < -0.3 is 15.3 Å². The summed E-state index contributed by atoms with van der Waals surface area (Å²) in [5.41, 5.74) is 1.14. The predicted molar refractivity (Wildman–Crippen MR) is 79.1 cm³/mol. The van der Waals surface area contributed by atoms with Gasteiger partial charge in [-0.1, -0.05) is 12.1 Å². The first-order chi connectivity index (χ1) is 9.67. The maximum absolute atomic E-state index is 11.8. The highest BCUT2D eigenvalue weighted by Gasteiger charge is 2.11. The van der Waals surface area contributed by atoms with E-state index in [1.54, 1.807) is 24.3 Å². The lowest BCUT2D eigenvalue weighted by molar-refractivity contribution is -0.136. The van der Waals surface area contributed by atoms with Gasteiger partial charge in [-0.05, 0) is 17.7 Å². The minimum absolute atomic E-state index is 0.0809. The van der Waals surface area contributed by atoms with Crippen LogP contribution in [-0.2, 0) is 21.1 Å². The Balaban J connectivity index is 2.56. The van der Waals surface area contributed by atoms with Crippen molar-refractivity contribution in [2.75, 3.05) is 30.9 Å². The number of benzene rings is 1. The van der Waals surface area contributed by atoms with E-state index in [-0.39, 0.29) is 18.7 Å². The van der Waals surface area contributed by atoms with Crippen molar-refractivity contribution in [1.29, 1.82) is 0 Å². The van der Waals surface area contributed by atoms with E-state index >= 15 is 0 Å². The standard InChI is InChI=1S/C13H18N2O5S/c1-15(7-8-21(2,19)20)13(18)14-11-5-3-10(4-6-11)9-12(16)17/h3-6H,7-9H2,1-2H3,(H,14,18)(H,16,17). The molecule has 0 saturated heterocycles. The van der Waals surface area contributed by atoms with Crippen molar-refractivity contribution in [2.45, 2.75) is 6.42 Å². The van der Waals surface area contributed by atoms with Crippen LogP contribution in [0.15, 0.2) is 24.3 Å². The SMILES string of the molecule is CN(CCS(C)(=O)=O)C(=O)Nc1ccc(CC(=O)O)cc1. The van der Waals surface area contributed by atoms with Crippen LogP contribution in [-0.4, -0.2) is 56.0 Å². The fourth-order valence-electron chi connectivity index (χ4n) is 1.50. The zero-order chi connectivity index (χ0) is 16.0. The number of nitrogens with zero attached hydrogens (tertiary/aromatic N) is 1. The first-order valence-electron chi connectivity index (χ1n) is 6.18. The second-order valence-corrected chi connectivity index (χ2v) is 7.01. The molecule has 0 spiro atoms. The van der Waals surface area contributed by atoms with Crippen molar-refractivity contribution in [1.82, 2.24) is 4.90 Å². The minimum atomic E-state index is -3.12. The Bertz CT molecular complexity index is 610. The molecule has 116 valence electrons. The molecule has 1 aromatic carbocycles. The summed E-state index contributed by atoms with van der Waals surface area (Å²) in [4.78, 5) is 23.6. The number of hydrogen-bond acceptors (Lipinski definition) is 4. The van der Waals surface area contributed by atoms with Crippen LogP contribution in [0.3, 0.4) is 0 Å². The molecule has 2 amide bonds. The Morgan fingerprint density at radius 2 is 1.81 bits per heavy atom. The number of hydrogen-bond donors (Lipinski definition) is 2. The normalized spacial score (nSPS) is 11.0. The van der Waals surface area contributed by atoms with Crippen molar-refractivity contribution in [3.8, 4) is 0 Å². The lowest BCUT2D eigenvalue weighted by atomic mass is 10.1. The number of carboxylic acids is 1. The summed E-state index contributed by atoms with van der Waals surface area (Å²) >= 11 is 0. The zero-order valence-electron chi connectivity index (χ0n) is 11.9. The highest BCUT2D eigenvalue weighted by Crippen LogP contribution is 2.10.